The Balaban J connectivity index is 2.13. The lowest BCUT2D eigenvalue weighted by Gasteiger charge is -2.22. The van der Waals surface area contributed by atoms with Crippen LogP contribution in [0.1, 0.15) is 26.7 Å². The third-order valence-corrected chi connectivity index (χ3v) is 2.89. The molecule has 8 heteroatoms. The van der Waals surface area contributed by atoms with Crippen LogP contribution in [-0.2, 0) is 0 Å². The fourth-order valence-corrected chi connectivity index (χ4v) is 1.96. The predicted molar refractivity (Wildman–Crippen MR) is 76.0 cm³/mol. The summed E-state index contributed by atoms with van der Waals surface area (Å²) in [4.78, 5) is 12.2. The zero-order valence-corrected chi connectivity index (χ0v) is 12.2. The summed E-state index contributed by atoms with van der Waals surface area (Å²) in [7, 11) is 0. The van der Waals surface area contributed by atoms with Gasteiger partial charge in [0.15, 0.2) is 0 Å². The van der Waals surface area contributed by atoms with Gasteiger partial charge in [0.25, 0.3) is 5.95 Å². The lowest BCUT2D eigenvalue weighted by Crippen LogP contribution is -2.33. The van der Waals surface area contributed by atoms with Crippen LogP contribution in [0.25, 0.3) is 5.95 Å². The van der Waals surface area contributed by atoms with Gasteiger partial charge in [-0.15, -0.1) is 0 Å². The van der Waals surface area contributed by atoms with E-state index >= 15 is 0 Å². The number of aliphatic hydroxyl groups is 1. The summed E-state index contributed by atoms with van der Waals surface area (Å²) in [6.45, 7) is 4.12. The van der Waals surface area contributed by atoms with Crippen molar-refractivity contribution in [1.29, 1.82) is 0 Å². The molecular formula is C12H17ClN6O. The first-order valence-corrected chi connectivity index (χ1v) is 6.76. The standard InChI is InChI=1S/C12H17ClN6O/c1-3-5-12(2,20)8-14-10-16-9(13)17-11(18-10)19-7-4-6-15-19/h4,6-7,20H,3,5,8H2,1-2H3,(H,14,16,17,18). The largest absolute Gasteiger partial charge is 0.388 e. The molecule has 2 N–H and O–H groups in total. The minimum Gasteiger partial charge on any atom is -0.388 e. The highest BCUT2D eigenvalue weighted by Crippen LogP contribution is 2.14. The van der Waals surface area contributed by atoms with Crippen LogP contribution < -0.4 is 5.32 Å². The molecular weight excluding hydrogens is 280 g/mol. The molecule has 0 aliphatic rings. The van der Waals surface area contributed by atoms with Gasteiger partial charge in [0.2, 0.25) is 11.2 Å². The Hall–Kier alpha value is -1.73. The lowest BCUT2D eigenvalue weighted by molar-refractivity contribution is 0.0635. The molecule has 7 nitrogen and oxygen atoms in total. The third kappa shape index (κ3) is 3.88. The normalized spacial score (nSPS) is 14.0. The summed E-state index contributed by atoms with van der Waals surface area (Å²) in [6.07, 6.45) is 4.91. The summed E-state index contributed by atoms with van der Waals surface area (Å²) in [5.74, 6) is 0.638. The predicted octanol–water partition coefficient (Wildman–Crippen LogP) is 1.67. The fraction of sp³-hybridized carbons (Fsp3) is 0.500. The molecule has 0 fully saturated rings. The zero-order chi connectivity index (χ0) is 14.6. The summed E-state index contributed by atoms with van der Waals surface area (Å²) in [5.41, 5.74) is -0.820. The van der Waals surface area contributed by atoms with Crippen LogP contribution in [0.3, 0.4) is 0 Å². The first kappa shape index (κ1) is 14.7. The Bertz CT molecular complexity index is 557. The van der Waals surface area contributed by atoms with Gasteiger partial charge < -0.3 is 10.4 Å². The van der Waals surface area contributed by atoms with Gasteiger partial charge in [-0.1, -0.05) is 13.3 Å². The molecule has 0 spiro atoms. The van der Waals surface area contributed by atoms with Crippen molar-refractivity contribution in [3.63, 3.8) is 0 Å². The molecule has 0 amide bonds. The van der Waals surface area contributed by atoms with E-state index in [1.807, 2.05) is 6.92 Å². The number of hydrogen-bond acceptors (Lipinski definition) is 6. The van der Waals surface area contributed by atoms with Crippen LogP contribution in [0.2, 0.25) is 5.28 Å². The maximum atomic E-state index is 10.1. The molecule has 0 saturated carbocycles. The van der Waals surface area contributed by atoms with Gasteiger partial charge in [0.1, 0.15) is 0 Å². The van der Waals surface area contributed by atoms with E-state index in [4.69, 9.17) is 11.6 Å². The molecule has 2 heterocycles. The Morgan fingerprint density at radius 1 is 1.40 bits per heavy atom. The van der Waals surface area contributed by atoms with Crippen molar-refractivity contribution in [3.05, 3.63) is 23.7 Å². The molecule has 2 aromatic rings. The summed E-state index contributed by atoms with van der Waals surface area (Å²) < 4.78 is 1.49. The molecule has 0 aliphatic heterocycles. The van der Waals surface area contributed by atoms with Gasteiger partial charge in [-0.2, -0.15) is 20.1 Å². The first-order valence-electron chi connectivity index (χ1n) is 6.38. The lowest BCUT2D eigenvalue weighted by atomic mass is 10.0. The maximum Gasteiger partial charge on any atom is 0.256 e. The number of nitrogens with zero attached hydrogens (tertiary/aromatic N) is 5. The first-order chi connectivity index (χ1) is 9.50. The topological polar surface area (TPSA) is 88.8 Å². The SMILES string of the molecule is CCCC(C)(O)CNc1nc(Cl)nc(-n2cccn2)n1. The van der Waals surface area contributed by atoms with Crippen molar-refractivity contribution >= 4 is 17.5 Å². The highest BCUT2D eigenvalue weighted by Gasteiger charge is 2.19. The molecule has 1 unspecified atom stereocenters. The van der Waals surface area contributed by atoms with Gasteiger partial charge >= 0.3 is 0 Å². The van der Waals surface area contributed by atoms with E-state index < -0.39 is 5.60 Å². The van der Waals surface area contributed by atoms with E-state index in [1.165, 1.54) is 4.68 Å². The number of aromatic nitrogens is 5. The summed E-state index contributed by atoms with van der Waals surface area (Å²) >= 11 is 5.87. The second kappa shape index (κ2) is 6.15. The van der Waals surface area contributed by atoms with E-state index in [0.717, 1.165) is 6.42 Å². The minimum atomic E-state index is -0.820. The van der Waals surface area contributed by atoms with E-state index in [1.54, 1.807) is 25.4 Å². The number of rotatable bonds is 6. The van der Waals surface area contributed by atoms with Crippen molar-refractivity contribution in [2.24, 2.45) is 0 Å². The van der Waals surface area contributed by atoms with Crippen molar-refractivity contribution in [2.45, 2.75) is 32.3 Å². The van der Waals surface area contributed by atoms with Crippen LogP contribution in [0.15, 0.2) is 18.5 Å². The Morgan fingerprint density at radius 2 is 2.20 bits per heavy atom. The van der Waals surface area contributed by atoms with Crippen molar-refractivity contribution < 1.29 is 5.11 Å². The smallest absolute Gasteiger partial charge is 0.256 e. The fourth-order valence-electron chi connectivity index (χ4n) is 1.80. The van der Waals surface area contributed by atoms with Gasteiger partial charge in [-0.3, -0.25) is 0 Å². The second-order valence-corrected chi connectivity index (χ2v) is 5.12. The molecule has 0 aromatic carbocycles. The number of halogens is 1. The van der Waals surface area contributed by atoms with Gasteiger partial charge in [0, 0.05) is 18.9 Å². The van der Waals surface area contributed by atoms with E-state index in [2.05, 4.69) is 25.4 Å². The minimum absolute atomic E-state index is 0.0723. The molecule has 0 aliphatic carbocycles. The molecule has 20 heavy (non-hydrogen) atoms. The van der Waals surface area contributed by atoms with Crippen LogP contribution >= 0.6 is 11.6 Å². The van der Waals surface area contributed by atoms with Crippen LogP contribution in [0.5, 0.6) is 0 Å². The monoisotopic (exact) mass is 296 g/mol. The average Bonchev–Trinajstić information content (AvgIpc) is 2.90. The molecule has 2 rings (SSSR count). The van der Waals surface area contributed by atoms with Crippen molar-refractivity contribution in [3.8, 4) is 5.95 Å². The van der Waals surface area contributed by atoms with Crippen LogP contribution in [-0.4, -0.2) is 42.0 Å². The number of anilines is 1. The Kier molecular flexibility index (Phi) is 4.51. The highest BCUT2D eigenvalue weighted by molar-refractivity contribution is 6.28. The molecule has 108 valence electrons. The van der Waals surface area contributed by atoms with Crippen LogP contribution in [0.4, 0.5) is 5.95 Å². The van der Waals surface area contributed by atoms with Gasteiger partial charge in [-0.25, -0.2) is 4.68 Å². The average molecular weight is 297 g/mol. The van der Waals surface area contributed by atoms with Gasteiger partial charge in [-0.05, 0) is 31.0 Å². The van der Waals surface area contributed by atoms with Gasteiger partial charge in [0.05, 0.1) is 5.60 Å². The Labute approximate surface area is 122 Å². The quantitative estimate of drug-likeness (QED) is 0.843. The van der Waals surface area contributed by atoms with E-state index in [9.17, 15) is 5.11 Å². The highest BCUT2D eigenvalue weighted by atomic mass is 35.5. The van der Waals surface area contributed by atoms with Crippen LogP contribution in [0, 0.1) is 0 Å². The molecule has 1 atom stereocenters. The van der Waals surface area contributed by atoms with Crippen molar-refractivity contribution in [1.82, 2.24) is 24.7 Å². The zero-order valence-electron chi connectivity index (χ0n) is 11.4. The van der Waals surface area contributed by atoms with E-state index in [-0.39, 0.29) is 5.28 Å². The number of nitrogens with one attached hydrogen (secondary N) is 1. The maximum absolute atomic E-state index is 10.1. The summed E-state index contributed by atoms with van der Waals surface area (Å²) in [5, 5.41) is 17.2. The van der Waals surface area contributed by atoms with E-state index in [0.29, 0.717) is 24.9 Å². The third-order valence-electron chi connectivity index (χ3n) is 2.72. The Morgan fingerprint density at radius 3 is 2.85 bits per heavy atom. The molecule has 0 bridgehead atoms. The second-order valence-electron chi connectivity index (χ2n) is 4.78. The molecule has 0 radical (unpaired) electrons. The molecule has 0 saturated heterocycles. The summed E-state index contributed by atoms with van der Waals surface area (Å²) in [6, 6.07) is 1.76. The number of hydrogen-bond donors (Lipinski definition) is 2. The molecule has 2 aromatic heterocycles. The van der Waals surface area contributed by atoms with Crippen molar-refractivity contribution in [2.75, 3.05) is 11.9 Å².